The highest BCUT2D eigenvalue weighted by molar-refractivity contribution is 7.97. The molecular formula is C46H58N10O4S. The number of rotatable bonds is 12. The number of carbonyl (C=O) groups is 4. The van der Waals surface area contributed by atoms with Crippen LogP contribution in [0.3, 0.4) is 0 Å². The van der Waals surface area contributed by atoms with Gasteiger partial charge in [0.05, 0.1) is 11.5 Å². The third kappa shape index (κ3) is 8.14. The first-order chi connectivity index (χ1) is 29.7. The minimum atomic E-state index is -0.389. The minimum absolute atomic E-state index is 0.226. The Hall–Kier alpha value is -4.57. The summed E-state index contributed by atoms with van der Waals surface area (Å²) < 4.78 is 2.48. The molecule has 2 aromatic carbocycles. The number of nitrogens with one attached hydrogen (secondary N) is 2. The fraction of sp³-hybridized carbons (Fsp3) is 0.565. The Labute approximate surface area is 362 Å². The third-order valence-corrected chi connectivity index (χ3v) is 15.6. The second kappa shape index (κ2) is 16.9. The smallest absolute Gasteiger partial charge is 0.243 e. The van der Waals surface area contributed by atoms with Gasteiger partial charge in [0, 0.05) is 117 Å². The van der Waals surface area contributed by atoms with Crippen molar-refractivity contribution in [2.75, 3.05) is 79.4 Å². The van der Waals surface area contributed by atoms with Gasteiger partial charge in [0.25, 0.3) is 0 Å². The van der Waals surface area contributed by atoms with Gasteiger partial charge in [-0.1, -0.05) is 25.3 Å². The van der Waals surface area contributed by atoms with E-state index in [4.69, 9.17) is 9.97 Å². The van der Waals surface area contributed by atoms with Crippen LogP contribution in [0.5, 0.6) is 0 Å². The average Bonchev–Trinajstić information content (AvgIpc) is 4.03. The molecule has 1 unspecified atom stereocenters. The van der Waals surface area contributed by atoms with E-state index in [-0.39, 0.29) is 35.2 Å². The van der Waals surface area contributed by atoms with E-state index in [0.29, 0.717) is 43.0 Å². The molecule has 15 heteroatoms. The Balaban J connectivity index is 0.682. The highest BCUT2D eigenvalue weighted by atomic mass is 32.2. The van der Waals surface area contributed by atoms with E-state index in [1.807, 2.05) is 42.2 Å². The summed E-state index contributed by atoms with van der Waals surface area (Å²) in [5.74, 6) is 1.31. The largest absolute Gasteiger partial charge is 0.369 e. The van der Waals surface area contributed by atoms with Crippen LogP contribution in [0.2, 0.25) is 0 Å². The van der Waals surface area contributed by atoms with Crippen molar-refractivity contribution in [1.82, 2.24) is 29.4 Å². The highest BCUT2D eigenvalue weighted by Gasteiger charge is 2.61. The Morgan fingerprint density at radius 2 is 1.66 bits per heavy atom. The summed E-state index contributed by atoms with van der Waals surface area (Å²) in [6, 6.07) is 15.7. The molecule has 7 aliphatic rings. The van der Waals surface area contributed by atoms with Crippen molar-refractivity contribution in [2.24, 2.45) is 0 Å². The van der Waals surface area contributed by atoms with Gasteiger partial charge in [-0.05, 0) is 106 Å². The molecule has 10 rings (SSSR count). The molecule has 14 nitrogen and oxygen atoms in total. The van der Waals surface area contributed by atoms with Crippen molar-refractivity contribution in [2.45, 2.75) is 112 Å². The maximum absolute atomic E-state index is 13.6. The lowest BCUT2D eigenvalue weighted by Gasteiger charge is -2.49. The van der Waals surface area contributed by atoms with Gasteiger partial charge in [-0.2, -0.15) is 4.98 Å². The van der Waals surface area contributed by atoms with Gasteiger partial charge < -0.3 is 15.1 Å². The Kier molecular flexibility index (Phi) is 11.3. The van der Waals surface area contributed by atoms with Gasteiger partial charge >= 0.3 is 0 Å². The monoisotopic (exact) mass is 846 g/mol. The van der Waals surface area contributed by atoms with E-state index in [9.17, 15) is 19.2 Å². The number of piperazine rings is 1. The van der Waals surface area contributed by atoms with Gasteiger partial charge in [0.1, 0.15) is 12.1 Å². The standard InChI is InChI=1S/C46H58N10O4S/c1-51(40-12-13-41(58)49-43(40)59)27-32-24-36(11-10-31(32)30-57)52-20-22-53(23-21-52)37-28-54(29-37)35-8-5-9-38(25-35)61-55-18-14-33(15-19-55)48-45-47-26-39-42(50-45)56(34-6-3-2-4-7-34)44(60)46(39)16-17-46/h5,8-11,24-26,30,33-34,37,40H,2-4,6-7,12-23,27-29H2,1H3,(H,47,48,50)(H,49,58,59). The van der Waals surface area contributed by atoms with Crippen LogP contribution in [0.25, 0.3) is 0 Å². The first-order valence-corrected chi connectivity index (χ1v) is 23.4. The SMILES string of the molecule is CN(Cc1cc(N2CCN(C3CN(c4cccc(SN5CCC(Nc6ncc7c(n6)N(C6CCCCC6)C(=O)C76CC6)CC5)c4)C3)CC2)ccc1C=O)C1CCC(=O)NC1=O. The zero-order valence-electron chi connectivity index (χ0n) is 35.3. The van der Waals surface area contributed by atoms with Crippen LogP contribution in [0.15, 0.2) is 53.6 Å². The highest BCUT2D eigenvalue weighted by Crippen LogP contribution is 2.57. The second-order valence-corrected chi connectivity index (χ2v) is 19.6. The predicted molar refractivity (Wildman–Crippen MR) is 237 cm³/mol. The molecule has 0 bridgehead atoms. The van der Waals surface area contributed by atoms with E-state index < -0.39 is 0 Å². The molecule has 2 saturated carbocycles. The lowest BCUT2D eigenvalue weighted by molar-refractivity contribution is -0.137. The topological polar surface area (TPSA) is 138 Å². The van der Waals surface area contributed by atoms with E-state index in [0.717, 1.165) is 120 Å². The van der Waals surface area contributed by atoms with Crippen molar-refractivity contribution in [3.8, 4) is 0 Å². The van der Waals surface area contributed by atoms with Crippen LogP contribution >= 0.6 is 11.9 Å². The number of likely N-dealkylation sites (N-methyl/N-ethyl adjacent to an activating group) is 1. The summed E-state index contributed by atoms with van der Waals surface area (Å²) in [6.07, 6.45) is 13.3. The zero-order valence-corrected chi connectivity index (χ0v) is 36.1. The van der Waals surface area contributed by atoms with Crippen molar-refractivity contribution >= 4 is 59.1 Å². The van der Waals surface area contributed by atoms with Crippen LogP contribution in [-0.4, -0.2) is 132 Å². The van der Waals surface area contributed by atoms with Gasteiger partial charge in [0.2, 0.25) is 23.7 Å². The van der Waals surface area contributed by atoms with E-state index in [1.54, 1.807) is 0 Å². The number of hydrogen-bond donors (Lipinski definition) is 2. The zero-order chi connectivity index (χ0) is 41.7. The summed E-state index contributed by atoms with van der Waals surface area (Å²) in [7, 11) is 1.88. The summed E-state index contributed by atoms with van der Waals surface area (Å²) >= 11 is 1.85. The fourth-order valence-corrected chi connectivity index (χ4v) is 11.6. The predicted octanol–water partition coefficient (Wildman–Crippen LogP) is 4.83. The molecule has 6 heterocycles. The normalized spacial score (nSPS) is 24.0. The summed E-state index contributed by atoms with van der Waals surface area (Å²) in [4.78, 5) is 72.2. The lowest BCUT2D eigenvalue weighted by Crippen LogP contribution is -2.63. The molecule has 2 aliphatic carbocycles. The van der Waals surface area contributed by atoms with Crippen LogP contribution in [-0.2, 0) is 26.3 Å². The number of nitrogens with zero attached hydrogens (tertiary/aromatic N) is 8. The van der Waals surface area contributed by atoms with Gasteiger partial charge in [-0.25, -0.2) is 9.29 Å². The molecule has 6 fully saturated rings. The van der Waals surface area contributed by atoms with Crippen molar-refractivity contribution < 1.29 is 19.2 Å². The van der Waals surface area contributed by atoms with Crippen molar-refractivity contribution in [3.05, 3.63) is 65.4 Å². The number of aromatic nitrogens is 2. The summed E-state index contributed by atoms with van der Waals surface area (Å²) in [5.41, 5.74) is 4.62. The number of benzene rings is 2. The first kappa shape index (κ1) is 40.5. The van der Waals surface area contributed by atoms with Crippen LogP contribution in [0.1, 0.15) is 92.1 Å². The molecule has 5 aliphatic heterocycles. The number of aldehydes is 1. The van der Waals surface area contributed by atoms with Crippen LogP contribution in [0.4, 0.5) is 23.1 Å². The molecule has 61 heavy (non-hydrogen) atoms. The first-order valence-electron chi connectivity index (χ1n) is 22.6. The number of carbonyl (C=O) groups excluding carboxylic acids is 4. The number of anilines is 4. The maximum Gasteiger partial charge on any atom is 0.243 e. The summed E-state index contributed by atoms with van der Waals surface area (Å²) in [6.45, 7) is 8.26. The van der Waals surface area contributed by atoms with Gasteiger partial charge in [0.15, 0.2) is 0 Å². The number of fused-ring (bicyclic) bond motifs is 2. The molecule has 1 aromatic heterocycles. The molecule has 3 aromatic rings. The molecule has 322 valence electrons. The molecule has 2 N–H and O–H groups in total. The molecule has 1 spiro atoms. The molecule has 3 amide bonds. The van der Waals surface area contributed by atoms with Crippen molar-refractivity contribution in [3.63, 3.8) is 0 Å². The van der Waals surface area contributed by atoms with E-state index in [2.05, 4.69) is 64.9 Å². The lowest BCUT2D eigenvalue weighted by atomic mass is 9.94. The number of amides is 3. The molecule has 0 radical (unpaired) electrons. The van der Waals surface area contributed by atoms with Crippen LogP contribution in [0, 0.1) is 0 Å². The Morgan fingerprint density at radius 3 is 2.39 bits per heavy atom. The van der Waals surface area contributed by atoms with Gasteiger partial charge in [-0.3, -0.25) is 39.2 Å². The number of hydrogen-bond acceptors (Lipinski definition) is 13. The number of piperidine rings is 2. The van der Waals surface area contributed by atoms with Gasteiger partial charge in [-0.15, -0.1) is 0 Å². The summed E-state index contributed by atoms with van der Waals surface area (Å²) in [5, 5.41) is 6.09. The average molecular weight is 847 g/mol. The third-order valence-electron chi connectivity index (χ3n) is 14.5. The second-order valence-electron chi connectivity index (χ2n) is 18.4. The Morgan fingerprint density at radius 1 is 0.885 bits per heavy atom. The van der Waals surface area contributed by atoms with E-state index >= 15 is 0 Å². The molecular weight excluding hydrogens is 789 g/mol. The van der Waals surface area contributed by atoms with Crippen molar-refractivity contribution in [1.29, 1.82) is 0 Å². The van der Waals surface area contributed by atoms with E-state index in [1.165, 1.54) is 29.8 Å². The quantitative estimate of drug-likeness (QED) is 0.147. The van der Waals surface area contributed by atoms with Crippen LogP contribution < -0.4 is 25.3 Å². The molecule has 4 saturated heterocycles. The maximum atomic E-state index is 13.6. The number of imide groups is 1. The Bertz CT molecular complexity index is 2160. The fourth-order valence-electron chi connectivity index (χ4n) is 10.6. The minimum Gasteiger partial charge on any atom is -0.369 e. The molecule has 1 atom stereocenters.